The van der Waals surface area contributed by atoms with Gasteiger partial charge in [0.05, 0.1) is 6.10 Å². The minimum atomic E-state index is -0.874. The van der Waals surface area contributed by atoms with Crippen molar-refractivity contribution in [2.24, 2.45) is 5.92 Å². The molecular weight excluding hydrogens is 272 g/mol. The van der Waals surface area contributed by atoms with Crippen molar-refractivity contribution in [2.45, 2.75) is 43.1 Å². The van der Waals surface area contributed by atoms with Gasteiger partial charge in [0.1, 0.15) is 6.61 Å². The molecule has 0 aromatic heterocycles. The SMILES string of the molecule is CSc1ccc(CC2CCC(OCC(=O)O)CC2)cc1. The van der Waals surface area contributed by atoms with Gasteiger partial charge in [0, 0.05) is 4.90 Å². The number of carboxylic acid groups (broad SMARTS) is 1. The van der Waals surface area contributed by atoms with Gasteiger partial charge in [0.2, 0.25) is 0 Å². The molecule has 20 heavy (non-hydrogen) atoms. The fraction of sp³-hybridized carbons (Fsp3) is 0.562. The summed E-state index contributed by atoms with van der Waals surface area (Å²) in [6, 6.07) is 8.81. The zero-order chi connectivity index (χ0) is 14.4. The van der Waals surface area contributed by atoms with E-state index in [2.05, 4.69) is 30.5 Å². The molecule has 2 rings (SSSR count). The number of rotatable bonds is 6. The quantitative estimate of drug-likeness (QED) is 0.814. The lowest BCUT2D eigenvalue weighted by atomic mass is 9.83. The second kappa shape index (κ2) is 7.70. The van der Waals surface area contributed by atoms with Crippen molar-refractivity contribution < 1.29 is 14.6 Å². The van der Waals surface area contributed by atoms with Crippen LogP contribution in [-0.2, 0) is 16.0 Å². The van der Waals surface area contributed by atoms with E-state index in [1.54, 1.807) is 11.8 Å². The molecule has 1 N–H and O–H groups in total. The highest BCUT2D eigenvalue weighted by Crippen LogP contribution is 2.29. The molecule has 0 atom stereocenters. The number of hydrogen-bond donors (Lipinski definition) is 1. The zero-order valence-corrected chi connectivity index (χ0v) is 12.7. The van der Waals surface area contributed by atoms with Gasteiger partial charge in [0.15, 0.2) is 0 Å². The average Bonchev–Trinajstić information content (AvgIpc) is 2.47. The second-order valence-electron chi connectivity index (χ2n) is 5.40. The third-order valence-corrected chi connectivity index (χ3v) is 4.66. The smallest absolute Gasteiger partial charge is 0.329 e. The molecule has 0 spiro atoms. The van der Waals surface area contributed by atoms with Gasteiger partial charge >= 0.3 is 5.97 Å². The number of carbonyl (C=O) groups is 1. The summed E-state index contributed by atoms with van der Waals surface area (Å²) in [5.74, 6) is -0.166. The molecule has 110 valence electrons. The second-order valence-corrected chi connectivity index (χ2v) is 6.28. The molecule has 0 bridgehead atoms. The summed E-state index contributed by atoms with van der Waals surface area (Å²) in [6.07, 6.45) is 7.60. The Morgan fingerprint density at radius 2 is 1.90 bits per heavy atom. The minimum Gasteiger partial charge on any atom is -0.480 e. The van der Waals surface area contributed by atoms with Crippen LogP contribution < -0.4 is 0 Å². The number of ether oxygens (including phenoxy) is 1. The standard InChI is InChI=1S/C16H22O3S/c1-20-15-8-4-13(5-9-15)10-12-2-6-14(7-3-12)19-11-16(17)18/h4-5,8-9,12,14H,2-3,6-7,10-11H2,1H3,(H,17,18). The van der Waals surface area contributed by atoms with Gasteiger partial charge < -0.3 is 9.84 Å². The average molecular weight is 294 g/mol. The van der Waals surface area contributed by atoms with E-state index in [0.717, 1.165) is 32.1 Å². The maximum absolute atomic E-state index is 10.5. The van der Waals surface area contributed by atoms with E-state index in [9.17, 15) is 4.79 Å². The van der Waals surface area contributed by atoms with Crippen molar-refractivity contribution in [1.82, 2.24) is 0 Å². The molecule has 0 aliphatic heterocycles. The summed E-state index contributed by atoms with van der Waals surface area (Å²) in [4.78, 5) is 11.8. The Morgan fingerprint density at radius 1 is 1.25 bits per heavy atom. The van der Waals surface area contributed by atoms with Crippen LogP contribution in [0.3, 0.4) is 0 Å². The Morgan fingerprint density at radius 3 is 2.45 bits per heavy atom. The maximum atomic E-state index is 10.5. The lowest BCUT2D eigenvalue weighted by Gasteiger charge is -2.28. The van der Waals surface area contributed by atoms with E-state index in [4.69, 9.17) is 9.84 Å². The molecule has 4 heteroatoms. The van der Waals surface area contributed by atoms with Crippen LogP contribution in [0.1, 0.15) is 31.2 Å². The van der Waals surface area contributed by atoms with Crippen molar-refractivity contribution in [1.29, 1.82) is 0 Å². The highest BCUT2D eigenvalue weighted by Gasteiger charge is 2.22. The molecule has 3 nitrogen and oxygen atoms in total. The molecule has 0 amide bonds. The first-order valence-electron chi connectivity index (χ1n) is 7.13. The Labute approximate surface area is 124 Å². The summed E-state index contributed by atoms with van der Waals surface area (Å²) in [7, 11) is 0. The number of hydrogen-bond acceptors (Lipinski definition) is 3. The Hall–Kier alpha value is -1.00. The third kappa shape index (κ3) is 4.84. The van der Waals surface area contributed by atoms with Gasteiger partial charge in [-0.05, 0) is 62.0 Å². The van der Waals surface area contributed by atoms with Crippen molar-refractivity contribution in [3.63, 3.8) is 0 Å². The molecule has 0 saturated heterocycles. The van der Waals surface area contributed by atoms with Gasteiger partial charge in [-0.25, -0.2) is 4.79 Å². The minimum absolute atomic E-state index is 0.140. The lowest BCUT2D eigenvalue weighted by Crippen LogP contribution is -2.25. The predicted molar refractivity (Wildman–Crippen MR) is 81.3 cm³/mol. The molecular formula is C16H22O3S. The normalized spacial score (nSPS) is 22.6. The van der Waals surface area contributed by atoms with Gasteiger partial charge in [-0.3, -0.25) is 0 Å². The van der Waals surface area contributed by atoms with Gasteiger partial charge in [-0.15, -0.1) is 11.8 Å². The third-order valence-electron chi connectivity index (χ3n) is 3.92. The highest BCUT2D eigenvalue weighted by atomic mass is 32.2. The van der Waals surface area contributed by atoms with Crippen LogP contribution in [0.2, 0.25) is 0 Å². The highest BCUT2D eigenvalue weighted by molar-refractivity contribution is 7.98. The van der Waals surface area contributed by atoms with Gasteiger partial charge in [-0.1, -0.05) is 12.1 Å². The van der Waals surface area contributed by atoms with Crippen LogP contribution in [0.25, 0.3) is 0 Å². The van der Waals surface area contributed by atoms with E-state index >= 15 is 0 Å². The number of carboxylic acids is 1. The molecule has 1 aromatic rings. The Balaban J connectivity index is 1.74. The van der Waals surface area contributed by atoms with E-state index in [0.29, 0.717) is 5.92 Å². The first-order valence-corrected chi connectivity index (χ1v) is 8.36. The van der Waals surface area contributed by atoms with Gasteiger partial charge in [-0.2, -0.15) is 0 Å². The molecule has 0 radical (unpaired) electrons. The lowest BCUT2D eigenvalue weighted by molar-refractivity contribution is -0.145. The Kier molecular flexibility index (Phi) is 5.92. The molecule has 0 unspecified atom stereocenters. The summed E-state index contributed by atoms with van der Waals surface area (Å²) in [5.41, 5.74) is 1.40. The largest absolute Gasteiger partial charge is 0.480 e. The number of benzene rings is 1. The van der Waals surface area contributed by atoms with Crippen molar-refractivity contribution in [2.75, 3.05) is 12.9 Å². The summed E-state index contributed by atoms with van der Waals surface area (Å²) >= 11 is 1.77. The molecule has 1 aliphatic carbocycles. The maximum Gasteiger partial charge on any atom is 0.329 e. The molecule has 1 fully saturated rings. The number of aliphatic carboxylic acids is 1. The van der Waals surface area contributed by atoms with Crippen LogP contribution in [0.5, 0.6) is 0 Å². The van der Waals surface area contributed by atoms with E-state index in [-0.39, 0.29) is 12.7 Å². The Bertz CT molecular complexity index is 422. The first kappa shape index (κ1) is 15.4. The predicted octanol–water partition coefficient (Wildman–Crippen LogP) is 3.61. The van der Waals surface area contributed by atoms with Crippen molar-refractivity contribution >= 4 is 17.7 Å². The van der Waals surface area contributed by atoms with E-state index < -0.39 is 5.97 Å². The summed E-state index contributed by atoms with van der Waals surface area (Å²) < 4.78 is 5.37. The van der Waals surface area contributed by atoms with Gasteiger partial charge in [0.25, 0.3) is 0 Å². The monoisotopic (exact) mass is 294 g/mol. The van der Waals surface area contributed by atoms with Crippen LogP contribution in [0, 0.1) is 5.92 Å². The molecule has 1 aromatic carbocycles. The van der Waals surface area contributed by atoms with Crippen LogP contribution in [0.4, 0.5) is 0 Å². The number of thioether (sulfide) groups is 1. The zero-order valence-electron chi connectivity index (χ0n) is 11.9. The molecule has 1 saturated carbocycles. The summed E-state index contributed by atoms with van der Waals surface area (Å²) in [6.45, 7) is -0.161. The van der Waals surface area contributed by atoms with Crippen LogP contribution in [0.15, 0.2) is 29.2 Å². The van der Waals surface area contributed by atoms with Crippen molar-refractivity contribution in [3.05, 3.63) is 29.8 Å². The van der Waals surface area contributed by atoms with E-state index in [1.165, 1.54) is 10.5 Å². The molecule has 0 heterocycles. The fourth-order valence-corrected chi connectivity index (χ4v) is 3.19. The van der Waals surface area contributed by atoms with Crippen LogP contribution >= 0.6 is 11.8 Å². The topological polar surface area (TPSA) is 46.5 Å². The van der Waals surface area contributed by atoms with E-state index in [1.807, 2.05) is 0 Å². The fourth-order valence-electron chi connectivity index (χ4n) is 2.79. The summed E-state index contributed by atoms with van der Waals surface area (Å²) in [5, 5.41) is 8.61. The van der Waals surface area contributed by atoms with Crippen molar-refractivity contribution in [3.8, 4) is 0 Å². The first-order chi connectivity index (χ1) is 9.67. The van der Waals surface area contributed by atoms with Crippen LogP contribution in [-0.4, -0.2) is 30.0 Å². The molecule has 1 aliphatic rings.